The highest BCUT2D eigenvalue weighted by Crippen LogP contribution is 2.23. The molecule has 1 unspecified atom stereocenters. The largest absolute Gasteiger partial charge is 0.445 e. The third kappa shape index (κ3) is 5.31. The molecule has 0 aliphatic rings. The summed E-state index contributed by atoms with van der Waals surface area (Å²) in [5, 5.41) is 0. The Bertz CT molecular complexity index is 115. The van der Waals surface area contributed by atoms with E-state index in [2.05, 4.69) is 9.47 Å². The van der Waals surface area contributed by atoms with Gasteiger partial charge in [-0.1, -0.05) is 0 Å². The summed E-state index contributed by atoms with van der Waals surface area (Å²) >= 11 is 0. The van der Waals surface area contributed by atoms with Gasteiger partial charge < -0.3 is 9.47 Å². The van der Waals surface area contributed by atoms with Gasteiger partial charge in [-0.15, -0.1) is 0 Å². The summed E-state index contributed by atoms with van der Waals surface area (Å²) in [6.45, 7) is 1.62. The molecule has 1 atom stereocenters. The van der Waals surface area contributed by atoms with Crippen LogP contribution in [0.4, 0.5) is 17.6 Å². The predicted molar refractivity (Wildman–Crippen MR) is 33.4 cm³/mol. The second kappa shape index (κ2) is 5.31. The molecule has 0 radical (unpaired) electrons. The standard InChI is InChI=1S/C6H10F4O2/c1-2-11-3-4-12-5(7)6(8,9)10/h5H,2-4H2,1H3. The molecule has 0 saturated carbocycles. The molecular weight excluding hydrogens is 180 g/mol. The zero-order valence-electron chi connectivity index (χ0n) is 6.53. The van der Waals surface area contributed by atoms with Crippen molar-refractivity contribution in [3.8, 4) is 0 Å². The SMILES string of the molecule is CCOCCOC(F)C(F)(F)F. The van der Waals surface area contributed by atoms with Crippen LogP contribution in [0.15, 0.2) is 0 Å². The monoisotopic (exact) mass is 190 g/mol. The molecule has 0 aromatic rings. The summed E-state index contributed by atoms with van der Waals surface area (Å²) in [4.78, 5) is 0. The Labute approximate surface area is 67.5 Å². The molecule has 2 nitrogen and oxygen atoms in total. The highest BCUT2D eigenvalue weighted by Gasteiger charge is 2.41. The van der Waals surface area contributed by atoms with Gasteiger partial charge in [0.05, 0.1) is 13.2 Å². The maximum Gasteiger partial charge on any atom is 0.445 e. The molecule has 0 bridgehead atoms. The lowest BCUT2D eigenvalue weighted by Crippen LogP contribution is -2.28. The number of hydrogen-bond donors (Lipinski definition) is 0. The minimum absolute atomic E-state index is 0.0347. The van der Waals surface area contributed by atoms with Gasteiger partial charge in [-0.25, -0.2) is 4.39 Å². The van der Waals surface area contributed by atoms with Gasteiger partial charge in [0.25, 0.3) is 6.36 Å². The Hall–Kier alpha value is -0.360. The molecule has 0 spiro atoms. The van der Waals surface area contributed by atoms with Crippen molar-refractivity contribution in [2.75, 3.05) is 19.8 Å². The molecule has 0 amide bonds. The smallest absolute Gasteiger partial charge is 0.379 e. The van der Waals surface area contributed by atoms with Gasteiger partial charge in [-0.3, -0.25) is 0 Å². The van der Waals surface area contributed by atoms with Crippen LogP contribution in [0.5, 0.6) is 0 Å². The number of alkyl halides is 4. The van der Waals surface area contributed by atoms with Crippen LogP contribution in [-0.4, -0.2) is 32.4 Å². The fourth-order valence-corrected chi connectivity index (χ4v) is 0.449. The average molecular weight is 190 g/mol. The van der Waals surface area contributed by atoms with Crippen LogP contribution in [-0.2, 0) is 9.47 Å². The second-order valence-electron chi connectivity index (χ2n) is 1.93. The van der Waals surface area contributed by atoms with Crippen LogP contribution in [0.3, 0.4) is 0 Å². The first-order chi connectivity index (χ1) is 5.48. The molecule has 0 aromatic carbocycles. The van der Waals surface area contributed by atoms with Gasteiger partial charge in [0.15, 0.2) is 0 Å². The minimum atomic E-state index is -4.94. The average Bonchev–Trinajstić information content (AvgIpc) is 1.96. The van der Waals surface area contributed by atoms with Crippen molar-refractivity contribution >= 4 is 0 Å². The van der Waals surface area contributed by atoms with Crippen molar-refractivity contribution < 1.29 is 27.0 Å². The van der Waals surface area contributed by atoms with E-state index >= 15 is 0 Å². The van der Waals surface area contributed by atoms with E-state index in [4.69, 9.17) is 0 Å². The Kier molecular flexibility index (Phi) is 5.16. The van der Waals surface area contributed by atoms with Crippen LogP contribution in [0.1, 0.15) is 6.92 Å². The summed E-state index contributed by atoms with van der Waals surface area (Å²) in [5.41, 5.74) is 0. The molecule has 0 fully saturated rings. The first-order valence-electron chi connectivity index (χ1n) is 3.38. The van der Waals surface area contributed by atoms with Crippen LogP contribution in [0.25, 0.3) is 0 Å². The van der Waals surface area contributed by atoms with Gasteiger partial charge in [-0.05, 0) is 6.92 Å². The first-order valence-corrected chi connectivity index (χ1v) is 3.38. The molecule has 0 saturated heterocycles. The molecule has 0 rings (SSSR count). The zero-order valence-corrected chi connectivity index (χ0v) is 6.53. The van der Waals surface area contributed by atoms with Crippen molar-refractivity contribution in [3.63, 3.8) is 0 Å². The summed E-state index contributed by atoms with van der Waals surface area (Å²) in [6.07, 6.45) is -8.15. The maximum atomic E-state index is 11.9. The topological polar surface area (TPSA) is 18.5 Å². The number of rotatable bonds is 5. The summed E-state index contributed by atoms with van der Waals surface area (Å²) < 4.78 is 54.6. The van der Waals surface area contributed by atoms with Gasteiger partial charge in [-0.2, -0.15) is 13.2 Å². The van der Waals surface area contributed by atoms with E-state index in [9.17, 15) is 17.6 Å². The van der Waals surface area contributed by atoms with Crippen molar-refractivity contribution in [3.05, 3.63) is 0 Å². The Balaban J connectivity index is 3.38. The number of ether oxygens (including phenoxy) is 2. The van der Waals surface area contributed by atoms with E-state index < -0.39 is 19.1 Å². The summed E-state index contributed by atoms with van der Waals surface area (Å²) in [6, 6.07) is 0. The number of halogens is 4. The molecule has 0 N–H and O–H groups in total. The summed E-state index contributed by atoms with van der Waals surface area (Å²) in [5.74, 6) is 0. The van der Waals surface area contributed by atoms with E-state index in [1.54, 1.807) is 6.92 Å². The third-order valence-corrected chi connectivity index (χ3v) is 0.953. The van der Waals surface area contributed by atoms with Crippen molar-refractivity contribution in [2.45, 2.75) is 19.5 Å². The third-order valence-electron chi connectivity index (χ3n) is 0.953. The Morgan fingerprint density at radius 2 is 1.83 bits per heavy atom. The zero-order chi connectivity index (χ0) is 9.61. The lowest BCUT2D eigenvalue weighted by molar-refractivity contribution is -0.266. The molecule has 0 aromatic heterocycles. The fourth-order valence-electron chi connectivity index (χ4n) is 0.449. The quantitative estimate of drug-likeness (QED) is 0.487. The van der Waals surface area contributed by atoms with Gasteiger partial charge in [0, 0.05) is 6.61 Å². The van der Waals surface area contributed by atoms with Gasteiger partial charge in [0.1, 0.15) is 0 Å². The fraction of sp³-hybridized carbons (Fsp3) is 1.00. The van der Waals surface area contributed by atoms with E-state index in [0.717, 1.165) is 0 Å². The minimum Gasteiger partial charge on any atom is -0.379 e. The van der Waals surface area contributed by atoms with Gasteiger partial charge in [0.2, 0.25) is 0 Å². The van der Waals surface area contributed by atoms with E-state index in [1.807, 2.05) is 0 Å². The molecule has 6 heteroatoms. The van der Waals surface area contributed by atoms with Crippen LogP contribution >= 0.6 is 0 Å². The van der Waals surface area contributed by atoms with Crippen LogP contribution in [0, 0.1) is 0 Å². The molecule has 0 aliphatic heterocycles. The molecule has 74 valence electrons. The van der Waals surface area contributed by atoms with Crippen molar-refractivity contribution in [1.82, 2.24) is 0 Å². The highest BCUT2D eigenvalue weighted by molar-refractivity contribution is 4.53. The highest BCUT2D eigenvalue weighted by atomic mass is 19.4. The molecule has 12 heavy (non-hydrogen) atoms. The van der Waals surface area contributed by atoms with Crippen molar-refractivity contribution in [1.29, 1.82) is 0 Å². The van der Waals surface area contributed by atoms with Crippen LogP contribution < -0.4 is 0 Å². The lowest BCUT2D eigenvalue weighted by Gasteiger charge is -2.12. The Morgan fingerprint density at radius 1 is 1.25 bits per heavy atom. The van der Waals surface area contributed by atoms with E-state index in [-0.39, 0.29) is 6.61 Å². The maximum absolute atomic E-state index is 11.9. The van der Waals surface area contributed by atoms with E-state index in [0.29, 0.717) is 6.61 Å². The first kappa shape index (κ1) is 11.6. The Morgan fingerprint density at radius 3 is 2.25 bits per heavy atom. The summed E-state index contributed by atoms with van der Waals surface area (Å²) in [7, 11) is 0. The molecular formula is C6H10F4O2. The van der Waals surface area contributed by atoms with Crippen molar-refractivity contribution in [2.24, 2.45) is 0 Å². The number of hydrogen-bond acceptors (Lipinski definition) is 2. The second-order valence-corrected chi connectivity index (χ2v) is 1.93. The normalized spacial score (nSPS) is 14.8. The molecule has 0 aliphatic carbocycles. The predicted octanol–water partition coefficient (Wildman–Crippen LogP) is 1.90. The van der Waals surface area contributed by atoms with E-state index in [1.165, 1.54) is 0 Å². The molecule has 0 heterocycles. The lowest BCUT2D eigenvalue weighted by atomic mass is 10.6. The van der Waals surface area contributed by atoms with Crippen LogP contribution in [0.2, 0.25) is 0 Å². The van der Waals surface area contributed by atoms with Gasteiger partial charge >= 0.3 is 6.18 Å².